The van der Waals surface area contributed by atoms with E-state index in [1.165, 1.54) is 0 Å². The third kappa shape index (κ3) is 2.76. The van der Waals surface area contributed by atoms with Crippen molar-refractivity contribution in [1.82, 2.24) is 0 Å². The molecule has 2 fully saturated rings. The van der Waals surface area contributed by atoms with Gasteiger partial charge in [0.15, 0.2) is 0 Å². The summed E-state index contributed by atoms with van der Waals surface area (Å²) in [7, 11) is 0. The Labute approximate surface area is 146 Å². The van der Waals surface area contributed by atoms with E-state index in [0.29, 0.717) is 12.2 Å². The normalized spacial score (nSPS) is 32.9. The van der Waals surface area contributed by atoms with Crippen molar-refractivity contribution in [3.05, 3.63) is 47.5 Å². The second-order valence-electron chi connectivity index (χ2n) is 7.67. The Bertz CT molecular complexity index is 721. The molecule has 0 bridgehead atoms. The van der Waals surface area contributed by atoms with Crippen LogP contribution in [-0.2, 0) is 23.8 Å². The van der Waals surface area contributed by atoms with Crippen LogP contribution in [0, 0.1) is 11.3 Å². The first kappa shape index (κ1) is 16.3. The largest absolute Gasteiger partial charge is 0.462 e. The van der Waals surface area contributed by atoms with E-state index in [1.54, 1.807) is 0 Å². The van der Waals surface area contributed by atoms with Gasteiger partial charge in [-0.05, 0) is 12.0 Å². The quantitative estimate of drug-likeness (QED) is 0.790. The number of hydrogen-bond acceptors (Lipinski definition) is 5. The summed E-state index contributed by atoms with van der Waals surface area (Å²) in [5.41, 5.74) is 1.26. The summed E-state index contributed by atoms with van der Waals surface area (Å²) in [4.78, 5) is 24.7. The molecule has 5 nitrogen and oxygen atoms in total. The van der Waals surface area contributed by atoms with E-state index in [2.05, 4.69) is 0 Å². The minimum Gasteiger partial charge on any atom is -0.462 e. The Morgan fingerprint density at radius 2 is 2.00 bits per heavy atom. The van der Waals surface area contributed by atoms with Crippen LogP contribution in [0.1, 0.15) is 31.7 Å². The van der Waals surface area contributed by atoms with Crippen LogP contribution in [-0.4, -0.2) is 37.4 Å². The Hall–Kier alpha value is -2.14. The fraction of sp³-hybridized carbons (Fsp3) is 0.500. The van der Waals surface area contributed by atoms with E-state index < -0.39 is 23.5 Å². The second-order valence-corrected chi connectivity index (χ2v) is 7.67. The summed E-state index contributed by atoms with van der Waals surface area (Å²) in [5, 5.41) is 0. The maximum atomic E-state index is 12.8. The van der Waals surface area contributed by atoms with Crippen LogP contribution in [0.4, 0.5) is 0 Å². The average Bonchev–Trinajstić information content (AvgIpc) is 3.26. The lowest BCUT2D eigenvalue weighted by Gasteiger charge is -2.23. The topological polar surface area (TPSA) is 61.8 Å². The molecule has 4 atom stereocenters. The third-order valence-corrected chi connectivity index (χ3v) is 5.40. The molecule has 1 aromatic carbocycles. The lowest BCUT2D eigenvalue weighted by atomic mass is 9.89. The highest BCUT2D eigenvalue weighted by Crippen LogP contribution is 2.45. The van der Waals surface area contributed by atoms with Crippen molar-refractivity contribution in [3.63, 3.8) is 0 Å². The molecular weight excluding hydrogens is 320 g/mol. The Morgan fingerprint density at radius 1 is 1.24 bits per heavy atom. The predicted octanol–water partition coefficient (Wildman–Crippen LogP) is 2.61. The highest BCUT2D eigenvalue weighted by Gasteiger charge is 2.49. The Kier molecular flexibility index (Phi) is 3.91. The summed E-state index contributed by atoms with van der Waals surface area (Å²) >= 11 is 0. The van der Waals surface area contributed by atoms with Gasteiger partial charge in [0.05, 0.1) is 6.10 Å². The zero-order valence-corrected chi connectivity index (χ0v) is 14.4. The number of cyclic esters (lactones) is 1. The van der Waals surface area contributed by atoms with Crippen molar-refractivity contribution in [2.75, 3.05) is 13.2 Å². The number of benzene rings is 1. The number of hydrogen-bond donors (Lipinski definition) is 0. The molecule has 1 aromatic rings. The first-order valence-corrected chi connectivity index (χ1v) is 8.73. The lowest BCUT2D eigenvalue weighted by molar-refractivity contribution is -0.160. The van der Waals surface area contributed by atoms with Gasteiger partial charge < -0.3 is 14.2 Å². The van der Waals surface area contributed by atoms with Gasteiger partial charge in [-0.25, -0.2) is 9.59 Å². The summed E-state index contributed by atoms with van der Waals surface area (Å²) in [6.07, 6.45) is 1.87. The third-order valence-electron chi connectivity index (χ3n) is 5.40. The monoisotopic (exact) mass is 342 g/mol. The molecule has 5 heteroatoms. The van der Waals surface area contributed by atoms with Gasteiger partial charge in [0.25, 0.3) is 0 Å². The van der Waals surface area contributed by atoms with Crippen LogP contribution in [0.15, 0.2) is 42.0 Å². The van der Waals surface area contributed by atoms with Crippen molar-refractivity contribution in [1.29, 1.82) is 0 Å². The molecular formula is C20H22O5. The number of ether oxygens (including phenoxy) is 3. The highest BCUT2D eigenvalue weighted by molar-refractivity contribution is 5.92. The lowest BCUT2D eigenvalue weighted by Crippen LogP contribution is -2.36. The molecule has 0 spiro atoms. The standard InChI is InChI=1S/C20H22O5/c1-20(2)11-24-19(22)17(20)25-18(21)15-10-14(12-6-4-3-5-7-12)16-13(15)8-9-23-16/h3-7,10,13-14,16-17H,8-9,11H2,1-2H3/t13-,14+,16-,17-/m0/s1. The first-order valence-electron chi connectivity index (χ1n) is 8.73. The molecule has 2 saturated heterocycles. The molecule has 0 saturated carbocycles. The molecule has 2 aliphatic heterocycles. The number of carbonyl (C=O) groups is 2. The van der Waals surface area contributed by atoms with Gasteiger partial charge in [-0.15, -0.1) is 0 Å². The van der Waals surface area contributed by atoms with Gasteiger partial charge in [-0.2, -0.15) is 0 Å². The predicted molar refractivity (Wildman–Crippen MR) is 89.7 cm³/mol. The molecule has 0 unspecified atom stereocenters. The van der Waals surface area contributed by atoms with Crippen molar-refractivity contribution in [2.45, 2.75) is 38.4 Å². The van der Waals surface area contributed by atoms with Crippen LogP contribution < -0.4 is 0 Å². The molecule has 4 rings (SSSR count). The Morgan fingerprint density at radius 3 is 2.68 bits per heavy atom. The minimum atomic E-state index is -0.850. The van der Waals surface area contributed by atoms with Gasteiger partial charge in [0, 0.05) is 29.4 Å². The number of fused-ring (bicyclic) bond motifs is 1. The van der Waals surface area contributed by atoms with E-state index in [9.17, 15) is 9.59 Å². The number of rotatable bonds is 3. The minimum absolute atomic E-state index is 0.0261. The van der Waals surface area contributed by atoms with E-state index in [1.807, 2.05) is 50.3 Å². The van der Waals surface area contributed by atoms with Crippen LogP contribution in [0.3, 0.4) is 0 Å². The summed E-state index contributed by atoms with van der Waals surface area (Å²) in [6, 6.07) is 10.0. The van der Waals surface area contributed by atoms with E-state index in [0.717, 1.165) is 12.0 Å². The molecule has 2 heterocycles. The molecule has 1 aliphatic carbocycles. The van der Waals surface area contributed by atoms with Crippen LogP contribution >= 0.6 is 0 Å². The van der Waals surface area contributed by atoms with Gasteiger partial charge in [-0.1, -0.05) is 50.3 Å². The van der Waals surface area contributed by atoms with E-state index >= 15 is 0 Å². The van der Waals surface area contributed by atoms with Gasteiger partial charge >= 0.3 is 11.9 Å². The van der Waals surface area contributed by atoms with Crippen molar-refractivity contribution in [3.8, 4) is 0 Å². The molecule has 0 aromatic heterocycles. The fourth-order valence-electron chi connectivity index (χ4n) is 4.00. The number of esters is 2. The first-order chi connectivity index (χ1) is 12.0. The highest BCUT2D eigenvalue weighted by atomic mass is 16.6. The smallest absolute Gasteiger partial charge is 0.348 e. The summed E-state index contributed by atoms with van der Waals surface area (Å²) < 4.78 is 16.5. The fourth-order valence-corrected chi connectivity index (χ4v) is 4.00. The molecule has 0 N–H and O–H groups in total. The second kappa shape index (κ2) is 5.99. The molecule has 3 aliphatic rings. The average molecular weight is 342 g/mol. The zero-order valence-electron chi connectivity index (χ0n) is 14.4. The van der Waals surface area contributed by atoms with Gasteiger partial charge in [-0.3, -0.25) is 0 Å². The van der Waals surface area contributed by atoms with Crippen molar-refractivity contribution < 1.29 is 23.8 Å². The number of carbonyl (C=O) groups excluding carboxylic acids is 2. The molecule has 0 amide bonds. The van der Waals surface area contributed by atoms with Crippen LogP contribution in [0.2, 0.25) is 0 Å². The SMILES string of the molecule is CC1(C)COC(=O)[C@@H]1OC(=O)C1=C[C@H](c2ccccc2)[C@H]2OCC[C@@H]12. The molecule has 25 heavy (non-hydrogen) atoms. The van der Waals surface area contributed by atoms with Crippen molar-refractivity contribution >= 4 is 11.9 Å². The maximum absolute atomic E-state index is 12.8. The van der Waals surface area contributed by atoms with E-state index in [-0.39, 0.29) is 24.5 Å². The maximum Gasteiger partial charge on any atom is 0.348 e. The molecule has 0 radical (unpaired) electrons. The Balaban J connectivity index is 1.58. The van der Waals surface area contributed by atoms with E-state index in [4.69, 9.17) is 14.2 Å². The van der Waals surface area contributed by atoms with Gasteiger partial charge in [0.2, 0.25) is 6.10 Å². The van der Waals surface area contributed by atoms with Crippen molar-refractivity contribution in [2.24, 2.45) is 11.3 Å². The van der Waals surface area contributed by atoms with Crippen LogP contribution in [0.25, 0.3) is 0 Å². The zero-order chi connectivity index (χ0) is 17.6. The summed E-state index contributed by atoms with van der Waals surface area (Å²) in [6.45, 7) is 4.64. The molecule has 132 valence electrons. The van der Waals surface area contributed by atoms with Crippen LogP contribution in [0.5, 0.6) is 0 Å². The summed E-state index contributed by atoms with van der Waals surface area (Å²) in [5.74, 6) is -0.815. The van der Waals surface area contributed by atoms with Gasteiger partial charge in [0.1, 0.15) is 6.61 Å².